The number of nitrogens with zero attached hydrogens (tertiary/aromatic N) is 2. The summed E-state index contributed by atoms with van der Waals surface area (Å²) in [5.74, 6) is -0.275. The molecular weight excluding hydrogens is 237 g/mol. The SMILES string of the molecule is CCCC(=O)Nc1nnc(-c2ccc(F)cc2)o1. The van der Waals surface area contributed by atoms with E-state index in [0.29, 0.717) is 12.0 Å². The summed E-state index contributed by atoms with van der Waals surface area (Å²) in [7, 11) is 0. The normalized spacial score (nSPS) is 10.3. The van der Waals surface area contributed by atoms with Gasteiger partial charge >= 0.3 is 6.01 Å². The fraction of sp³-hybridized carbons (Fsp3) is 0.250. The van der Waals surface area contributed by atoms with Crippen LogP contribution in [0.2, 0.25) is 0 Å². The first kappa shape index (κ1) is 12.2. The Bertz CT molecular complexity index is 537. The summed E-state index contributed by atoms with van der Waals surface area (Å²) >= 11 is 0. The van der Waals surface area contributed by atoms with Crippen LogP contribution < -0.4 is 5.32 Å². The van der Waals surface area contributed by atoms with E-state index in [4.69, 9.17) is 4.42 Å². The molecule has 0 aliphatic carbocycles. The van der Waals surface area contributed by atoms with Crippen LogP contribution in [0.1, 0.15) is 19.8 Å². The van der Waals surface area contributed by atoms with Gasteiger partial charge in [-0.2, -0.15) is 0 Å². The standard InChI is InChI=1S/C12H12FN3O2/c1-2-3-10(17)14-12-16-15-11(18-12)8-4-6-9(13)7-5-8/h4-7H,2-3H2,1H3,(H,14,16,17). The Hall–Kier alpha value is -2.24. The molecule has 0 saturated heterocycles. The van der Waals surface area contributed by atoms with Gasteiger partial charge in [0.1, 0.15) is 5.82 Å². The number of anilines is 1. The molecule has 0 radical (unpaired) electrons. The molecule has 1 heterocycles. The molecule has 0 spiro atoms. The molecular formula is C12H12FN3O2. The van der Waals surface area contributed by atoms with Crippen molar-refractivity contribution in [2.45, 2.75) is 19.8 Å². The van der Waals surface area contributed by atoms with Crippen LogP contribution in [-0.2, 0) is 4.79 Å². The molecule has 0 aliphatic heterocycles. The Kier molecular flexibility index (Phi) is 3.66. The highest BCUT2D eigenvalue weighted by atomic mass is 19.1. The van der Waals surface area contributed by atoms with Gasteiger partial charge in [-0.15, -0.1) is 5.10 Å². The average molecular weight is 249 g/mol. The Labute approximate surface area is 103 Å². The van der Waals surface area contributed by atoms with Gasteiger partial charge in [-0.05, 0) is 30.7 Å². The van der Waals surface area contributed by atoms with E-state index in [2.05, 4.69) is 15.5 Å². The Balaban J connectivity index is 2.10. The van der Waals surface area contributed by atoms with Crippen LogP contribution >= 0.6 is 0 Å². The van der Waals surface area contributed by atoms with Crippen LogP contribution in [0.5, 0.6) is 0 Å². The predicted octanol–water partition coefficient (Wildman–Crippen LogP) is 2.61. The molecule has 0 unspecified atom stereocenters. The van der Waals surface area contributed by atoms with Crippen molar-refractivity contribution in [2.75, 3.05) is 5.32 Å². The van der Waals surface area contributed by atoms with Gasteiger partial charge in [-0.3, -0.25) is 10.1 Å². The summed E-state index contributed by atoms with van der Waals surface area (Å²) in [5.41, 5.74) is 0.597. The predicted molar refractivity (Wildman–Crippen MR) is 63.2 cm³/mol. The van der Waals surface area contributed by atoms with Crippen LogP contribution in [0, 0.1) is 5.82 Å². The topological polar surface area (TPSA) is 68.0 Å². The molecule has 1 aromatic carbocycles. The third-order valence-corrected chi connectivity index (χ3v) is 2.24. The van der Waals surface area contributed by atoms with Crippen LogP contribution in [0.3, 0.4) is 0 Å². The lowest BCUT2D eigenvalue weighted by atomic mass is 10.2. The first-order valence-electron chi connectivity index (χ1n) is 5.58. The minimum atomic E-state index is -0.338. The van der Waals surface area contributed by atoms with E-state index in [0.717, 1.165) is 6.42 Å². The highest BCUT2D eigenvalue weighted by Gasteiger charge is 2.10. The molecule has 1 amide bonds. The number of halogens is 1. The van der Waals surface area contributed by atoms with Crippen molar-refractivity contribution in [2.24, 2.45) is 0 Å². The van der Waals surface area contributed by atoms with Crippen molar-refractivity contribution in [3.63, 3.8) is 0 Å². The number of rotatable bonds is 4. The van der Waals surface area contributed by atoms with Gasteiger partial charge in [0, 0.05) is 12.0 Å². The maximum atomic E-state index is 12.7. The van der Waals surface area contributed by atoms with E-state index in [1.165, 1.54) is 24.3 Å². The van der Waals surface area contributed by atoms with Crippen molar-refractivity contribution >= 4 is 11.9 Å². The molecule has 1 aromatic heterocycles. The number of benzene rings is 1. The van der Waals surface area contributed by atoms with E-state index in [9.17, 15) is 9.18 Å². The van der Waals surface area contributed by atoms with Crippen molar-refractivity contribution in [3.8, 4) is 11.5 Å². The second-order valence-corrected chi connectivity index (χ2v) is 3.72. The molecule has 2 rings (SSSR count). The van der Waals surface area contributed by atoms with Gasteiger partial charge in [0.05, 0.1) is 0 Å². The first-order valence-corrected chi connectivity index (χ1v) is 5.58. The zero-order valence-electron chi connectivity index (χ0n) is 9.81. The molecule has 94 valence electrons. The van der Waals surface area contributed by atoms with Crippen molar-refractivity contribution in [3.05, 3.63) is 30.1 Å². The third-order valence-electron chi connectivity index (χ3n) is 2.24. The van der Waals surface area contributed by atoms with Gasteiger partial charge in [-0.25, -0.2) is 4.39 Å². The molecule has 0 atom stereocenters. The molecule has 1 N–H and O–H groups in total. The highest BCUT2D eigenvalue weighted by Crippen LogP contribution is 2.19. The Morgan fingerprint density at radius 3 is 2.72 bits per heavy atom. The number of carbonyl (C=O) groups excluding carboxylic acids is 1. The lowest BCUT2D eigenvalue weighted by molar-refractivity contribution is -0.116. The Morgan fingerprint density at radius 1 is 1.33 bits per heavy atom. The monoisotopic (exact) mass is 249 g/mol. The van der Waals surface area contributed by atoms with Crippen LogP contribution in [-0.4, -0.2) is 16.1 Å². The van der Waals surface area contributed by atoms with Crippen molar-refractivity contribution in [1.82, 2.24) is 10.2 Å². The summed E-state index contributed by atoms with van der Waals surface area (Å²) in [6.45, 7) is 1.90. The molecule has 0 fully saturated rings. The zero-order chi connectivity index (χ0) is 13.0. The summed E-state index contributed by atoms with van der Waals surface area (Å²) < 4.78 is 18.0. The summed E-state index contributed by atoms with van der Waals surface area (Å²) in [6, 6.07) is 5.71. The van der Waals surface area contributed by atoms with Gasteiger partial charge in [0.2, 0.25) is 11.8 Å². The van der Waals surface area contributed by atoms with Crippen molar-refractivity contribution in [1.29, 1.82) is 0 Å². The number of hydrogen-bond donors (Lipinski definition) is 1. The smallest absolute Gasteiger partial charge is 0.322 e. The van der Waals surface area contributed by atoms with Gasteiger partial charge in [0.25, 0.3) is 0 Å². The molecule has 2 aromatic rings. The first-order chi connectivity index (χ1) is 8.69. The number of carbonyl (C=O) groups is 1. The van der Waals surface area contributed by atoms with Crippen LogP contribution in [0.25, 0.3) is 11.5 Å². The van der Waals surface area contributed by atoms with Crippen LogP contribution in [0.15, 0.2) is 28.7 Å². The summed E-state index contributed by atoms with van der Waals surface area (Å²) in [6.07, 6.45) is 1.14. The molecule has 0 bridgehead atoms. The van der Waals surface area contributed by atoms with E-state index < -0.39 is 0 Å². The molecule has 5 nitrogen and oxygen atoms in total. The van der Waals surface area contributed by atoms with E-state index in [-0.39, 0.29) is 23.6 Å². The van der Waals surface area contributed by atoms with E-state index >= 15 is 0 Å². The minimum absolute atomic E-state index is 0.0489. The molecule has 0 aliphatic rings. The largest absolute Gasteiger partial charge is 0.403 e. The number of nitrogens with one attached hydrogen (secondary N) is 1. The zero-order valence-corrected chi connectivity index (χ0v) is 9.81. The average Bonchev–Trinajstić information content (AvgIpc) is 2.78. The van der Waals surface area contributed by atoms with E-state index in [1.807, 2.05) is 6.92 Å². The fourth-order valence-corrected chi connectivity index (χ4v) is 1.39. The number of hydrogen-bond acceptors (Lipinski definition) is 4. The number of amides is 1. The van der Waals surface area contributed by atoms with Gasteiger partial charge in [-0.1, -0.05) is 12.0 Å². The quantitative estimate of drug-likeness (QED) is 0.904. The maximum absolute atomic E-state index is 12.7. The third kappa shape index (κ3) is 2.91. The molecule has 0 saturated carbocycles. The summed E-state index contributed by atoms with van der Waals surface area (Å²) in [5, 5.41) is 9.96. The number of aromatic nitrogens is 2. The second kappa shape index (κ2) is 5.39. The molecule has 18 heavy (non-hydrogen) atoms. The lowest BCUT2D eigenvalue weighted by Gasteiger charge is -1.97. The van der Waals surface area contributed by atoms with E-state index in [1.54, 1.807) is 0 Å². The highest BCUT2D eigenvalue weighted by molar-refractivity contribution is 5.88. The maximum Gasteiger partial charge on any atom is 0.322 e. The minimum Gasteiger partial charge on any atom is -0.403 e. The fourth-order valence-electron chi connectivity index (χ4n) is 1.39. The van der Waals surface area contributed by atoms with Crippen molar-refractivity contribution < 1.29 is 13.6 Å². The van der Waals surface area contributed by atoms with Gasteiger partial charge in [0.15, 0.2) is 0 Å². The van der Waals surface area contributed by atoms with Crippen LogP contribution in [0.4, 0.5) is 10.4 Å². The second-order valence-electron chi connectivity index (χ2n) is 3.72. The van der Waals surface area contributed by atoms with Gasteiger partial charge < -0.3 is 4.42 Å². The Morgan fingerprint density at radius 2 is 2.06 bits per heavy atom. The molecule has 6 heteroatoms. The lowest BCUT2D eigenvalue weighted by Crippen LogP contribution is -2.10. The summed E-state index contributed by atoms with van der Waals surface area (Å²) in [4.78, 5) is 11.3.